The number of carbonyl (C=O) groups is 2. The van der Waals surface area contributed by atoms with Crippen molar-refractivity contribution in [3.05, 3.63) is 62.2 Å². The van der Waals surface area contributed by atoms with Gasteiger partial charge >= 0.3 is 11.9 Å². The van der Waals surface area contributed by atoms with Crippen LogP contribution in [0.4, 0.5) is 8.78 Å². The van der Waals surface area contributed by atoms with Crippen LogP contribution in [0.5, 0.6) is 0 Å². The Bertz CT molecular complexity index is 1550. The number of aliphatic carboxylic acids is 1. The first-order valence-corrected chi connectivity index (χ1v) is 16.7. The first-order chi connectivity index (χ1) is 20.5. The zero-order valence-corrected chi connectivity index (χ0v) is 25.7. The molecular weight excluding hydrogens is 626 g/mol. The van der Waals surface area contributed by atoms with E-state index in [1.807, 2.05) is 0 Å². The number of piperidine rings is 1. The second kappa shape index (κ2) is 13.0. The average molecular weight is 657 g/mol. The predicted molar refractivity (Wildman–Crippen MR) is 156 cm³/mol. The third-order valence-corrected chi connectivity index (χ3v) is 11.9. The molecule has 3 aliphatic rings. The van der Waals surface area contributed by atoms with Crippen LogP contribution in [0.1, 0.15) is 61.6 Å². The lowest BCUT2D eigenvalue weighted by Gasteiger charge is -2.38. The molecule has 43 heavy (non-hydrogen) atoms. The lowest BCUT2D eigenvalue weighted by Crippen LogP contribution is -2.46. The summed E-state index contributed by atoms with van der Waals surface area (Å²) >= 11 is 7.53. The maximum Gasteiger partial charge on any atom is 0.338 e. The van der Waals surface area contributed by atoms with Crippen molar-refractivity contribution in [3.63, 3.8) is 0 Å². The highest BCUT2D eigenvalue weighted by molar-refractivity contribution is 7.89. The smallest absolute Gasteiger partial charge is 0.338 e. The summed E-state index contributed by atoms with van der Waals surface area (Å²) in [5, 5.41) is 13.5. The van der Waals surface area contributed by atoms with Crippen molar-refractivity contribution < 1.29 is 36.6 Å². The zero-order valence-electron chi connectivity index (χ0n) is 23.3. The lowest BCUT2D eigenvalue weighted by molar-refractivity contribution is -0.138. The summed E-state index contributed by atoms with van der Waals surface area (Å²) in [6.45, 7) is 0.421. The molecule has 1 atom stereocenters. The fourth-order valence-corrected chi connectivity index (χ4v) is 8.99. The summed E-state index contributed by atoms with van der Waals surface area (Å²) in [6.07, 6.45) is 4.33. The van der Waals surface area contributed by atoms with E-state index in [2.05, 4.69) is 15.3 Å². The number of ether oxygens (including phenoxy) is 1. The van der Waals surface area contributed by atoms with Crippen molar-refractivity contribution in [1.29, 1.82) is 0 Å². The summed E-state index contributed by atoms with van der Waals surface area (Å²) in [4.78, 5) is 33.2. The molecule has 1 aromatic carbocycles. The van der Waals surface area contributed by atoms with Crippen molar-refractivity contribution in [2.45, 2.75) is 56.2 Å². The Kier molecular flexibility index (Phi) is 9.49. The number of esters is 1. The number of carboxylic acid groups (broad SMARTS) is 1. The molecule has 1 aromatic heterocycles. The summed E-state index contributed by atoms with van der Waals surface area (Å²) in [7, 11) is -2.40. The summed E-state index contributed by atoms with van der Waals surface area (Å²) in [5.41, 5.74) is 0.602. The number of aromatic nitrogens is 1. The molecule has 0 radical (unpaired) electrons. The van der Waals surface area contributed by atoms with E-state index in [0.717, 1.165) is 6.07 Å². The molecule has 15 heteroatoms. The van der Waals surface area contributed by atoms with E-state index in [9.17, 15) is 26.8 Å². The van der Waals surface area contributed by atoms with E-state index in [-0.39, 0.29) is 42.5 Å². The molecule has 0 spiro atoms. The normalized spacial score (nSPS) is 23.9. The average Bonchev–Trinajstić information content (AvgIpc) is 3.54. The van der Waals surface area contributed by atoms with Gasteiger partial charge in [-0.3, -0.25) is 9.79 Å². The standard InChI is InChI=1S/C28H31ClF2N4O6S2/c1-41-28(38)21-24(16-8-11-35(12-9-16)43(39,40)17-4-2-15(3-5-17)14-20(36)37)33-26(27-32-10-13-42-27)34-25(21)18-6-7-19(30)23(31)22(18)29/h6-7,10,13,15-17,25H,2-5,8-9,11-12,14H2,1H3,(H,33,34)(H,36,37)/t15?,17?,25-/m1/s1. The molecule has 3 heterocycles. The SMILES string of the molecule is COC(=O)C1=C(C2CCN(S(=O)(=O)C3CCC(CC(=O)O)CC3)CC2)NC(c2nccs2)=N[C@@H]1c1ccc(F)c(F)c1Cl. The van der Waals surface area contributed by atoms with E-state index < -0.39 is 49.9 Å². The Morgan fingerprint density at radius 3 is 2.47 bits per heavy atom. The number of carboxylic acids is 1. The molecule has 1 saturated heterocycles. The number of allylic oxidation sites excluding steroid dienone is 1. The minimum absolute atomic E-state index is 0.0135. The van der Waals surface area contributed by atoms with Crippen LogP contribution in [0.15, 0.2) is 40.0 Å². The molecule has 10 nitrogen and oxygen atoms in total. The largest absolute Gasteiger partial charge is 0.481 e. The van der Waals surface area contributed by atoms with Crippen LogP contribution in [0.2, 0.25) is 5.02 Å². The van der Waals surface area contributed by atoms with Gasteiger partial charge in [-0.2, -0.15) is 0 Å². The van der Waals surface area contributed by atoms with Crippen molar-refractivity contribution in [2.75, 3.05) is 20.2 Å². The highest BCUT2D eigenvalue weighted by Crippen LogP contribution is 2.41. The monoisotopic (exact) mass is 656 g/mol. The van der Waals surface area contributed by atoms with Gasteiger partial charge in [0.25, 0.3) is 0 Å². The van der Waals surface area contributed by atoms with Gasteiger partial charge in [0.05, 0.1) is 23.0 Å². The predicted octanol–water partition coefficient (Wildman–Crippen LogP) is 4.67. The molecule has 2 fully saturated rings. The zero-order chi connectivity index (χ0) is 30.9. The topological polar surface area (TPSA) is 138 Å². The van der Waals surface area contributed by atoms with Crippen LogP contribution < -0.4 is 5.32 Å². The van der Waals surface area contributed by atoms with E-state index in [1.54, 1.807) is 11.6 Å². The number of thiazole rings is 1. The Balaban J connectivity index is 1.42. The van der Waals surface area contributed by atoms with Gasteiger partial charge in [-0.1, -0.05) is 17.7 Å². The maximum atomic E-state index is 14.6. The molecule has 2 N–H and O–H groups in total. The minimum atomic E-state index is -3.61. The van der Waals surface area contributed by atoms with Crippen LogP contribution in [0, 0.1) is 23.5 Å². The number of hydrogen-bond donors (Lipinski definition) is 2. The second-order valence-electron chi connectivity index (χ2n) is 10.9. The molecule has 0 amide bonds. The van der Waals surface area contributed by atoms with Gasteiger partial charge in [-0.15, -0.1) is 11.3 Å². The lowest BCUT2D eigenvalue weighted by atomic mass is 9.86. The molecule has 0 unspecified atom stereocenters. The molecule has 232 valence electrons. The molecule has 2 aromatic rings. The van der Waals surface area contributed by atoms with Crippen molar-refractivity contribution >= 4 is 50.7 Å². The van der Waals surface area contributed by atoms with E-state index >= 15 is 0 Å². The highest BCUT2D eigenvalue weighted by Gasteiger charge is 2.41. The van der Waals surface area contributed by atoms with Gasteiger partial charge in [0, 0.05) is 48.3 Å². The van der Waals surface area contributed by atoms with Gasteiger partial charge in [0.2, 0.25) is 10.0 Å². The second-order valence-corrected chi connectivity index (χ2v) is 14.4. The number of benzene rings is 1. The molecule has 1 saturated carbocycles. The van der Waals surface area contributed by atoms with Crippen molar-refractivity contribution in [1.82, 2.24) is 14.6 Å². The fraction of sp³-hybridized carbons (Fsp3) is 0.500. The van der Waals surface area contributed by atoms with Crippen LogP contribution in [-0.2, 0) is 24.3 Å². The Labute approximate surface area is 256 Å². The third kappa shape index (κ3) is 6.47. The van der Waals surface area contributed by atoms with Crippen LogP contribution in [-0.4, -0.2) is 66.0 Å². The number of sulfonamides is 1. The Hall–Kier alpha value is -2.94. The summed E-state index contributed by atoms with van der Waals surface area (Å²) in [5.74, 6) is -4.02. The number of amidine groups is 1. The van der Waals surface area contributed by atoms with Crippen LogP contribution in [0.3, 0.4) is 0 Å². The van der Waals surface area contributed by atoms with Crippen LogP contribution >= 0.6 is 22.9 Å². The van der Waals surface area contributed by atoms with Gasteiger partial charge in [-0.25, -0.2) is 31.3 Å². The molecule has 2 aliphatic heterocycles. The number of halogens is 3. The summed E-state index contributed by atoms with van der Waals surface area (Å²) in [6, 6.07) is 1.07. The van der Waals surface area contributed by atoms with E-state index in [0.29, 0.717) is 55.1 Å². The Morgan fingerprint density at radius 2 is 1.86 bits per heavy atom. The first kappa shape index (κ1) is 31.5. The maximum absolute atomic E-state index is 14.6. The number of carbonyl (C=O) groups excluding carboxylic acids is 1. The van der Waals surface area contributed by atoms with E-state index in [1.165, 1.54) is 28.8 Å². The van der Waals surface area contributed by atoms with Gasteiger partial charge in [0.15, 0.2) is 22.5 Å². The third-order valence-electron chi connectivity index (χ3n) is 8.38. The quantitative estimate of drug-likeness (QED) is 0.309. The molecular formula is C28H31ClF2N4O6S2. The molecule has 0 bridgehead atoms. The molecule has 1 aliphatic carbocycles. The number of rotatable bonds is 8. The number of aliphatic imine (C=N–C) groups is 1. The number of nitrogens with one attached hydrogen (secondary N) is 1. The van der Waals surface area contributed by atoms with E-state index in [4.69, 9.17) is 21.4 Å². The molecule has 5 rings (SSSR count). The number of hydrogen-bond acceptors (Lipinski definition) is 9. The number of methoxy groups -OCH3 is 1. The fourth-order valence-electron chi connectivity index (χ4n) is 6.14. The van der Waals surface area contributed by atoms with Crippen molar-refractivity contribution in [3.8, 4) is 0 Å². The summed E-state index contributed by atoms with van der Waals surface area (Å²) < 4.78 is 62.1. The number of nitrogens with zero attached hydrogens (tertiary/aromatic N) is 3. The minimum Gasteiger partial charge on any atom is -0.481 e. The first-order valence-electron chi connectivity index (χ1n) is 13.9. The van der Waals surface area contributed by atoms with Gasteiger partial charge in [-0.05, 0) is 50.5 Å². The highest BCUT2D eigenvalue weighted by atomic mass is 35.5. The van der Waals surface area contributed by atoms with Gasteiger partial charge in [0.1, 0.15) is 6.04 Å². The van der Waals surface area contributed by atoms with Gasteiger partial charge < -0.3 is 15.2 Å². The Morgan fingerprint density at radius 1 is 1.16 bits per heavy atom. The van der Waals surface area contributed by atoms with Crippen LogP contribution in [0.25, 0.3) is 0 Å². The van der Waals surface area contributed by atoms with Crippen molar-refractivity contribution in [2.24, 2.45) is 16.8 Å².